The van der Waals surface area contributed by atoms with E-state index in [0.29, 0.717) is 16.4 Å². The Labute approximate surface area is 124 Å². The van der Waals surface area contributed by atoms with Gasteiger partial charge in [0.25, 0.3) is 0 Å². The average molecular weight is 352 g/mol. The van der Waals surface area contributed by atoms with E-state index in [4.69, 9.17) is 0 Å². The summed E-state index contributed by atoms with van der Waals surface area (Å²) in [7, 11) is 0. The van der Waals surface area contributed by atoms with Gasteiger partial charge in [0.05, 0.1) is 4.47 Å². The number of benzene rings is 1. The second-order valence-corrected chi connectivity index (χ2v) is 6.43. The maximum Gasteiger partial charge on any atom is 0.573 e. The summed E-state index contributed by atoms with van der Waals surface area (Å²) in [4.78, 5) is 0. The van der Waals surface area contributed by atoms with E-state index < -0.39 is 6.36 Å². The first kappa shape index (κ1) is 15.6. The third-order valence-corrected chi connectivity index (χ3v) is 4.28. The summed E-state index contributed by atoms with van der Waals surface area (Å²) in [5.74, 6) is -0.216. The zero-order chi connectivity index (χ0) is 14.8. The number of alkyl halides is 3. The highest BCUT2D eigenvalue weighted by atomic mass is 79.9. The van der Waals surface area contributed by atoms with Crippen molar-refractivity contribution < 1.29 is 17.9 Å². The van der Waals surface area contributed by atoms with E-state index in [2.05, 4.69) is 32.9 Å². The molecule has 112 valence electrons. The van der Waals surface area contributed by atoms with Crippen LogP contribution in [0.4, 0.5) is 13.2 Å². The Hall–Kier alpha value is -0.750. The predicted octanol–water partition coefficient (Wildman–Crippen LogP) is 4.63. The first-order valence-corrected chi connectivity index (χ1v) is 7.32. The summed E-state index contributed by atoms with van der Waals surface area (Å²) in [6.07, 6.45) is -0.904. The molecule has 0 aliphatic heterocycles. The molecular weight excluding hydrogens is 335 g/mol. The van der Waals surface area contributed by atoms with Crippen LogP contribution in [0.1, 0.15) is 31.7 Å². The fourth-order valence-corrected chi connectivity index (χ4v) is 2.83. The van der Waals surface area contributed by atoms with Gasteiger partial charge in [-0.25, -0.2) is 0 Å². The molecule has 0 unspecified atom stereocenters. The number of hydrogen-bond donors (Lipinski definition) is 1. The smallest absolute Gasteiger partial charge is 0.405 e. The molecule has 1 aliphatic carbocycles. The van der Waals surface area contributed by atoms with Gasteiger partial charge in [0.15, 0.2) is 0 Å². The normalized spacial score (nSPS) is 17.6. The quantitative estimate of drug-likeness (QED) is 0.835. The summed E-state index contributed by atoms with van der Waals surface area (Å²) < 4.78 is 40.7. The maximum atomic E-state index is 12.1. The predicted molar refractivity (Wildman–Crippen MR) is 74.5 cm³/mol. The molecule has 1 aliphatic rings. The minimum Gasteiger partial charge on any atom is -0.405 e. The molecule has 0 heterocycles. The standard InChI is InChI=1S/C14H17BrF3NO/c1-13(5-2-6-13)9-19-8-10-3-4-12(11(15)7-10)20-14(16,17)18/h3-4,7,19H,2,5-6,8-9H2,1H3. The van der Waals surface area contributed by atoms with E-state index in [1.165, 1.54) is 25.3 Å². The summed E-state index contributed by atoms with van der Waals surface area (Å²) in [6, 6.07) is 4.62. The van der Waals surface area contributed by atoms with Crippen LogP contribution in [0, 0.1) is 5.41 Å². The lowest BCUT2D eigenvalue weighted by Crippen LogP contribution is -2.36. The molecule has 20 heavy (non-hydrogen) atoms. The minimum absolute atomic E-state index is 0.216. The molecule has 2 rings (SSSR count). The highest BCUT2D eigenvalue weighted by Crippen LogP contribution is 2.39. The monoisotopic (exact) mass is 351 g/mol. The van der Waals surface area contributed by atoms with Crippen LogP contribution in [0.3, 0.4) is 0 Å². The van der Waals surface area contributed by atoms with Gasteiger partial charge in [-0.2, -0.15) is 0 Å². The van der Waals surface area contributed by atoms with Crippen molar-refractivity contribution in [1.29, 1.82) is 0 Å². The second kappa shape index (κ2) is 5.93. The molecule has 2 nitrogen and oxygen atoms in total. The minimum atomic E-state index is -4.67. The first-order valence-electron chi connectivity index (χ1n) is 6.52. The van der Waals surface area contributed by atoms with Crippen LogP contribution >= 0.6 is 15.9 Å². The number of rotatable bonds is 5. The molecule has 0 bridgehead atoms. The van der Waals surface area contributed by atoms with E-state index in [1.807, 2.05) is 0 Å². The van der Waals surface area contributed by atoms with Gasteiger partial charge in [-0.05, 0) is 51.9 Å². The van der Waals surface area contributed by atoms with Crippen LogP contribution in [0.5, 0.6) is 5.75 Å². The van der Waals surface area contributed by atoms with Crippen LogP contribution in [0.2, 0.25) is 0 Å². The van der Waals surface area contributed by atoms with E-state index in [0.717, 1.165) is 12.1 Å². The Balaban J connectivity index is 1.88. The topological polar surface area (TPSA) is 21.3 Å². The van der Waals surface area contributed by atoms with Gasteiger partial charge < -0.3 is 10.1 Å². The van der Waals surface area contributed by atoms with Crippen LogP contribution in [-0.2, 0) is 6.54 Å². The highest BCUT2D eigenvalue weighted by molar-refractivity contribution is 9.10. The van der Waals surface area contributed by atoms with Crippen molar-refractivity contribution in [3.63, 3.8) is 0 Å². The Morgan fingerprint density at radius 3 is 2.55 bits per heavy atom. The van der Waals surface area contributed by atoms with E-state index in [9.17, 15) is 13.2 Å². The Bertz CT molecular complexity index is 472. The maximum absolute atomic E-state index is 12.1. The van der Waals surface area contributed by atoms with Crippen molar-refractivity contribution in [2.75, 3.05) is 6.54 Å². The largest absolute Gasteiger partial charge is 0.573 e. The van der Waals surface area contributed by atoms with Crippen molar-refractivity contribution in [1.82, 2.24) is 5.32 Å². The van der Waals surface area contributed by atoms with Crippen LogP contribution < -0.4 is 10.1 Å². The number of nitrogens with one attached hydrogen (secondary N) is 1. The molecule has 0 saturated heterocycles. The molecule has 0 atom stereocenters. The van der Waals surface area contributed by atoms with Crippen LogP contribution in [-0.4, -0.2) is 12.9 Å². The van der Waals surface area contributed by atoms with E-state index >= 15 is 0 Å². The SMILES string of the molecule is CC1(CNCc2ccc(OC(F)(F)F)c(Br)c2)CCC1. The molecule has 1 aromatic carbocycles. The van der Waals surface area contributed by atoms with Crippen molar-refractivity contribution >= 4 is 15.9 Å². The molecule has 1 N–H and O–H groups in total. The van der Waals surface area contributed by atoms with Gasteiger partial charge >= 0.3 is 6.36 Å². The van der Waals surface area contributed by atoms with Crippen LogP contribution in [0.25, 0.3) is 0 Å². The zero-order valence-corrected chi connectivity index (χ0v) is 12.8. The molecule has 6 heteroatoms. The Morgan fingerprint density at radius 1 is 1.35 bits per heavy atom. The molecule has 1 saturated carbocycles. The average Bonchev–Trinajstić information content (AvgIpc) is 2.29. The molecule has 1 aromatic rings. The van der Waals surface area contributed by atoms with Gasteiger partial charge in [-0.3, -0.25) is 0 Å². The second-order valence-electron chi connectivity index (χ2n) is 5.58. The molecule has 0 amide bonds. The van der Waals surface area contributed by atoms with E-state index in [1.54, 1.807) is 12.1 Å². The molecule has 0 aromatic heterocycles. The molecule has 0 spiro atoms. The van der Waals surface area contributed by atoms with Gasteiger partial charge in [-0.1, -0.05) is 19.4 Å². The lowest BCUT2D eigenvalue weighted by atomic mass is 9.70. The van der Waals surface area contributed by atoms with Gasteiger partial charge in [0.1, 0.15) is 5.75 Å². The number of halogens is 4. The highest BCUT2D eigenvalue weighted by Gasteiger charge is 2.32. The van der Waals surface area contributed by atoms with Crippen molar-refractivity contribution in [3.05, 3.63) is 28.2 Å². The summed E-state index contributed by atoms with van der Waals surface area (Å²) >= 11 is 3.10. The molecule has 1 fully saturated rings. The lowest BCUT2D eigenvalue weighted by Gasteiger charge is -2.38. The van der Waals surface area contributed by atoms with Crippen molar-refractivity contribution in [3.8, 4) is 5.75 Å². The van der Waals surface area contributed by atoms with E-state index in [-0.39, 0.29) is 5.75 Å². The third-order valence-electron chi connectivity index (χ3n) is 3.66. The number of hydrogen-bond acceptors (Lipinski definition) is 2. The van der Waals surface area contributed by atoms with Gasteiger partial charge in [0.2, 0.25) is 0 Å². The summed E-state index contributed by atoms with van der Waals surface area (Å²) in [5, 5.41) is 3.36. The van der Waals surface area contributed by atoms with Gasteiger partial charge in [0, 0.05) is 13.1 Å². The Kier molecular flexibility index (Phi) is 4.64. The van der Waals surface area contributed by atoms with Crippen molar-refractivity contribution in [2.45, 2.75) is 39.1 Å². The fourth-order valence-electron chi connectivity index (χ4n) is 2.33. The number of ether oxygens (including phenoxy) is 1. The van der Waals surface area contributed by atoms with Gasteiger partial charge in [-0.15, -0.1) is 13.2 Å². The lowest BCUT2D eigenvalue weighted by molar-refractivity contribution is -0.274. The summed E-state index contributed by atoms with van der Waals surface area (Å²) in [6.45, 7) is 3.82. The molecular formula is C14H17BrF3NO. The van der Waals surface area contributed by atoms with Crippen molar-refractivity contribution in [2.24, 2.45) is 5.41 Å². The Morgan fingerprint density at radius 2 is 2.05 bits per heavy atom. The zero-order valence-electron chi connectivity index (χ0n) is 11.2. The fraction of sp³-hybridized carbons (Fsp3) is 0.571. The molecule has 0 radical (unpaired) electrons. The summed E-state index contributed by atoms with van der Waals surface area (Å²) in [5.41, 5.74) is 1.31. The third kappa shape index (κ3) is 4.38. The van der Waals surface area contributed by atoms with Crippen LogP contribution in [0.15, 0.2) is 22.7 Å². The first-order chi connectivity index (χ1) is 9.27.